The first-order valence-corrected chi connectivity index (χ1v) is 8.83. The van der Waals surface area contributed by atoms with Crippen LogP contribution in [0.25, 0.3) is 0 Å². The molecule has 1 N–H and O–H groups in total. The highest BCUT2D eigenvalue weighted by Crippen LogP contribution is 2.15. The minimum absolute atomic E-state index is 0.0804. The third-order valence-electron chi connectivity index (χ3n) is 4.92. The third-order valence-corrected chi connectivity index (χ3v) is 4.92. The van der Waals surface area contributed by atoms with Gasteiger partial charge in [-0.25, -0.2) is 4.39 Å². The predicted octanol–water partition coefficient (Wildman–Crippen LogP) is 2.61. The lowest BCUT2D eigenvalue weighted by atomic mass is 10.1. The smallest absolute Gasteiger partial charge is 0.253 e. The molecule has 6 heteroatoms. The van der Waals surface area contributed by atoms with E-state index >= 15 is 0 Å². The molecule has 1 aliphatic rings. The molecule has 0 bridgehead atoms. The summed E-state index contributed by atoms with van der Waals surface area (Å²) in [5.41, 5.74) is 4.04. The zero-order valence-electron chi connectivity index (χ0n) is 15.4. The summed E-state index contributed by atoms with van der Waals surface area (Å²) in [6.07, 6.45) is 0.376. The second-order valence-electron chi connectivity index (χ2n) is 6.92. The zero-order valence-corrected chi connectivity index (χ0v) is 15.4. The van der Waals surface area contributed by atoms with E-state index in [0.29, 0.717) is 43.7 Å². The van der Waals surface area contributed by atoms with Gasteiger partial charge in [-0.2, -0.15) is 0 Å². The monoisotopic (exact) mass is 357 g/mol. The Labute approximate surface area is 152 Å². The lowest BCUT2D eigenvalue weighted by Gasteiger charge is -2.35. The maximum absolute atomic E-state index is 13.4. The van der Waals surface area contributed by atoms with Crippen LogP contribution in [0.4, 0.5) is 4.39 Å². The summed E-state index contributed by atoms with van der Waals surface area (Å²) in [7, 11) is 0. The number of aromatic amines is 1. The SMILES string of the molecule is Cc1cc(CC(=O)N2CCN(C(=O)c3ccc(F)c(C)c3)CC2)c(C)[nH]1. The largest absolute Gasteiger partial charge is 0.362 e. The van der Waals surface area contributed by atoms with Crippen LogP contribution in [0.15, 0.2) is 24.3 Å². The van der Waals surface area contributed by atoms with Crippen LogP contribution in [0.1, 0.15) is 32.9 Å². The number of carbonyl (C=O) groups excluding carboxylic acids is 2. The van der Waals surface area contributed by atoms with E-state index in [-0.39, 0.29) is 17.6 Å². The van der Waals surface area contributed by atoms with Crippen molar-refractivity contribution < 1.29 is 14.0 Å². The molecule has 1 aromatic carbocycles. The fourth-order valence-electron chi connectivity index (χ4n) is 3.36. The maximum atomic E-state index is 13.4. The number of piperazine rings is 1. The molecule has 1 aliphatic heterocycles. The molecule has 0 saturated carbocycles. The highest BCUT2D eigenvalue weighted by Gasteiger charge is 2.25. The van der Waals surface area contributed by atoms with Crippen LogP contribution in [0.3, 0.4) is 0 Å². The van der Waals surface area contributed by atoms with Gasteiger partial charge in [0.15, 0.2) is 0 Å². The van der Waals surface area contributed by atoms with E-state index < -0.39 is 0 Å². The van der Waals surface area contributed by atoms with Gasteiger partial charge in [0.1, 0.15) is 5.82 Å². The Morgan fingerprint density at radius 2 is 1.69 bits per heavy atom. The summed E-state index contributed by atoms with van der Waals surface area (Å²) in [6, 6.07) is 6.42. The van der Waals surface area contributed by atoms with Crippen molar-refractivity contribution in [1.29, 1.82) is 0 Å². The van der Waals surface area contributed by atoms with Gasteiger partial charge < -0.3 is 14.8 Å². The molecule has 2 amide bonds. The van der Waals surface area contributed by atoms with Crippen molar-refractivity contribution in [2.24, 2.45) is 0 Å². The van der Waals surface area contributed by atoms with Gasteiger partial charge in [-0.15, -0.1) is 0 Å². The van der Waals surface area contributed by atoms with Gasteiger partial charge >= 0.3 is 0 Å². The quantitative estimate of drug-likeness (QED) is 0.918. The Morgan fingerprint density at radius 3 is 2.27 bits per heavy atom. The molecule has 2 heterocycles. The topological polar surface area (TPSA) is 56.4 Å². The molecule has 5 nitrogen and oxygen atoms in total. The van der Waals surface area contributed by atoms with Gasteiger partial charge in [-0.05, 0) is 56.2 Å². The van der Waals surface area contributed by atoms with Crippen molar-refractivity contribution in [1.82, 2.24) is 14.8 Å². The molecule has 2 aromatic rings. The first kappa shape index (κ1) is 18.2. The molecule has 26 heavy (non-hydrogen) atoms. The van der Waals surface area contributed by atoms with Crippen molar-refractivity contribution in [3.63, 3.8) is 0 Å². The summed E-state index contributed by atoms with van der Waals surface area (Å²) >= 11 is 0. The summed E-state index contributed by atoms with van der Waals surface area (Å²) in [4.78, 5) is 31.8. The van der Waals surface area contributed by atoms with Crippen LogP contribution < -0.4 is 0 Å². The Balaban J connectivity index is 1.58. The zero-order chi connectivity index (χ0) is 18.8. The molecule has 0 unspecified atom stereocenters. The van der Waals surface area contributed by atoms with Crippen molar-refractivity contribution in [3.8, 4) is 0 Å². The second-order valence-corrected chi connectivity index (χ2v) is 6.92. The van der Waals surface area contributed by atoms with E-state index in [2.05, 4.69) is 4.98 Å². The number of aryl methyl sites for hydroxylation is 3. The standard InChI is InChI=1S/C20H24FN3O2/c1-13-10-16(4-5-18(13)21)20(26)24-8-6-23(7-9-24)19(25)12-17-11-14(2)22-15(17)3/h4-5,10-11,22H,6-9,12H2,1-3H3. The Kier molecular flexibility index (Phi) is 5.11. The number of benzene rings is 1. The number of carbonyl (C=O) groups is 2. The first-order valence-electron chi connectivity index (χ1n) is 8.83. The van der Waals surface area contributed by atoms with Crippen LogP contribution in [-0.2, 0) is 11.2 Å². The number of nitrogens with zero attached hydrogens (tertiary/aromatic N) is 2. The van der Waals surface area contributed by atoms with Crippen molar-refractivity contribution in [2.75, 3.05) is 26.2 Å². The van der Waals surface area contributed by atoms with E-state index in [1.54, 1.807) is 17.9 Å². The molecule has 0 radical (unpaired) electrons. The van der Waals surface area contributed by atoms with Crippen LogP contribution in [0.2, 0.25) is 0 Å². The molecule has 1 fully saturated rings. The van der Waals surface area contributed by atoms with E-state index in [1.165, 1.54) is 12.1 Å². The Bertz CT molecular complexity index is 836. The van der Waals surface area contributed by atoms with E-state index in [1.807, 2.05) is 24.8 Å². The second kappa shape index (κ2) is 7.32. The average molecular weight is 357 g/mol. The average Bonchev–Trinajstić information content (AvgIpc) is 2.94. The highest BCUT2D eigenvalue weighted by atomic mass is 19.1. The van der Waals surface area contributed by atoms with E-state index in [9.17, 15) is 14.0 Å². The predicted molar refractivity (Wildman–Crippen MR) is 97.6 cm³/mol. The number of H-pyrrole nitrogens is 1. The number of hydrogen-bond donors (Lipinski definition) is 1. The maximum Gasteiger partial charge on any atom is 0.253 e. The molecule has 138 valence electrons. The molecule has 1 aromatic heterocycles. The van der Waals surface area contributed by atoms with Gasteiger partial charge in [-0.1, -0.05) is 0 Å². The molecule has 0 spiro atoms. The molecule has 0 atom stereocenters. The van der Waals surface area contributed by atoms with Crippen LogP contribution in [0, 0.1) is 26.6 Å². The number of amides is 2. The number of nitrogens with one attached hydrogen (secondary N) is 1. The van der Waals surface area contributed by atoms with Gasteiger partial charge in [0.05, 0.1) is 6.42 Å². The number of rotatable bonds is 3. The molecule has 3 rings (SSSR count). The van der Waals surface area contributed by atoms with Crippen molar-refractivity contribution in [2.45, 2.75) is 27.2 Å². The summed E-state index contributed by atoms with van der Waals surface area (Å²) in [5.74, 6) is -0.346. The first-order chi connectivity index (χ1) is 12.3. The van der Waals surface area contributed by atoms with Crippen LogP contribution in [-0.4, -0.2) is 52.8 Å². The summed E-state index contributed by atoms with van der Waals surface area (Å²) in [5, 5.41) is 0. The van der Waals surface area contributed by atoms with E-state index in [0.717, 1.165) is 17.0 Å². The fourth-order valence-corrected chi connectivity index (χ4v) is 3.36. The van der Waals surface area contributed by atoms with Gasteiger partial charge in [-0.3, -0.25) is 9.59 Å². The summed E-state index contributed by atoms with van der Waals surface area (Å²) in [6.45, 7) is 7.62. The lowest BCUT2D eigenvalue weighted by Crippen LogP contribution is -2.51. The highest BCUT2D eigenvalue weighted by molar-refractivity contribution is 5.94. The molecule has 0 aliphatic carbocycles. The molecular weight excluding hydrogens is 333 g/mol. The number of halogens is 1. The van der Waals surface area contributed by atoms with Gasteiger partial charge in [0.25, 0.3) is 5.91 Å². The van der Waals surface area contributed by atoms with Crippen molar-refractivity contribution >= 4 is 11.8 Å². The number of hydrogen-bond acceptors (Lipinski definition) is 2. The minimum atomic E-state index is -0.313. The molecular formula is C20H24FN3O2. The molecule has 1 saturated heterocycles. The fraction of sp³-hybridized carbons (Fsp3) is 0.400. The van der Waals surface area contributed by atoms with Crippen LogP contribution in [0.5, 0.6) is 0 Å². The van der Waals surface area contributed by atoms with Crippen molar-refractivity contribution in [3.05, 3.63) is 58.2 Å². The number of aromatic nitrogens is 1. The van der Waals surface area contributed by atoms with Gasteiger partial charge in [0.2, 0.25) is 5.91 Å². The Morgan fingerprint density at radius 1 is 1.04 bits per heavy atom. The third kappa shape index (κ3) is 3.79. The van der Waals surface area contributed by atoms with Crippen LogP contribution >= 0.6 is 0 Å². The Hall–Kier alpha value is -2.63. The lowest BCUT2D eigenvalue weighted by molar-refractivity contribution is -0.131. The summed E-state index contributed by atoms with van der Waals surface area (Å²) < 4.78 is 13.4. The van der Waals surface area contributed by atoms with E-state index in [4.69, 9.17) is 0 Å². The van der Waals surface area contributed by atoms with Gasteiger partial charge in [0, 0.05) is 43.1 Å². The minimum Gasteiger partial charge on any atom is -0.362 e. The normalized spacial score (nSPS) is 14.6.